The Morgan fingerprint density at radius 3 is 2.80 bits per heavy atom. The van der Waals surface area contributed by atoms with Crippen LogP contribution >= 0.6 is 0 Å². The Kier molecular flexibility index (Phi) is 6.36. The summed E-state index contributed by atoms with van der Waals surface area (Å²) in [5, 5.41) is 13.7. The Hall–Kier alpha value is -3.93. The molecule has 0 spiro atoms. The summed E-state index contributed by atoms with van der Waals surface area (Å²) < 4.78 is 40.9. The number of nitrogens with zero attached hydrogens (tertiary/aromatic N) is 5. The van der Waals surface area contributed by atoms with Gasteiger partial charge in [-0.2, -0.15) is 10.2 Å². The van der Waals surface area contributed by atoms with Gasteiger partial charge < -0.3 is 14.5 Å². The molecule has 0 radical (unpaired) electrons. The molecule has 10 nitrogen and oxygen atoms in total. The second kappa shape index (κ2) is 9.74. The molecule has 0 atom stereocenters. The number of oxazole rings is 1. The van der Waals surface area contributed by atoms with E-state index in [0.717, 1.165) is 37.9 Å². The number of H-pyrrole nitrogens is 1. The van der Waals surface area contributed by atoms with Crippen LogP contribution in [-0.2, 0) is 4.74 Å². The molecule has 0 aliphatic heterocycles. The van der Waals surface area contributed by atoms with Crippen LogP contribution in [0.25, 0.3) is 22.8 Å². The molecule has 2 N–H and O–H groups in total. The van der Waals surface area contributed by atoms with Gasteiger partial charge in [-0.15, -0.1) is 0 Å². The molecule has 1 aliphatic rings. The smallest absolute Gasteiger partial charge is 0.277 e. The second-order valence-corrected chi connectivity index (χ2v) is 8.22. The fourth-order valence-corrected chi connectivity index (χ4v) is 4.21. The Morgan fingerprint density at radius 1 is 1.26 bits per heavy atom. The van der Waals surface area contributed by atoms with Crippen LogP contribution in [0.5, 0.6) is 0 Å². The van der Waals surface area contributed by atoms with Gasteiger partial charge in [0.1, 0.15) is 23.5 Å². The molecule has 35 heavy (non-hydrogen) atoms. The van der Waals surface area contributed by atoms with Crippen LogP contribution in [0, 0.1) is 11.6 Å². The fraction of sp³-hybridized carbons (Fsp3) is 0.348. The molecule has 0 aromatic carbocycles. The van der Waals surface area contributed by atoms with Gasteiger partial charge in [-0.1, -0.05) is 0 Å². The number of carbonyl (C=O) groups excluding carboxylic acids is 1. The molecule has 0 saturated heterocycles. The summed E-state index contributed by atoms with van der Waals surface area (Å²) in [4.78, 5) is 21.0. The molecule has 4 aromatic rings. The van der Waals surface area contributed by atoms with Gasteiger partial charge in [-0.05, 0) is 32.6 Å². The number of hydrogen-bond donors (Lipinski definition) is 2. The predicted molar refractivity (Wildman–Crippen MR) is 120 cm³/mol. The van der Waals surface area contributed by atoms with Crippen molar-refractivity contribution in [2.45, 2.75) is 44.8 Å². The molecule has 1 aliphatic carbocycles. The lowest BCUT2D eigenvalue weighted by molar-refractivity contribution is 0.0260. The minimum Gasteiger partial charge on any atom is -0.444 e. The Bertz CT molecular complexity index is 1310. The van der Waals surface area contributed by atoms with E-state index < -0.39 is 17.5 Å². The molecule has 4 heterocycles. The Balaban J connectivity index is 1.43. The average molecular weight is 483 g/mol. The zero-order valence-corrected chi connectivity index (χ0v) is 18.9. The van der Waals surface area contributed by atoms with Crippen LogP contribution in [0.4, 0.5) is 14.5 Å². The van der Waals surface area contributed by atoms with Gasteiger partial charge >= 0.3 is 0 Å². The number of aromatic amines is 1. The van der Waals surface area contributed by atoms with Crippen molar-refractivity contribution >= 4 is 11.6 Å². The van der Waals surface area contributed by atoms with Crippen molar-refractivity contribution in [1.29, 1.82) is 0 Å². The Labute approximate surface area is 198 Å². The van der Waals surface area contributed by atoms with E-state index in [1.807, 2.05) is 6.92 Å². The third kappa shape index (κ3) is 4.83. The summed E-state index contributed by atoms with van der Waals surface area (Å²) in [7, 11) is 0. The number of aromatic nitrogens is 6. The largest absolute Gasteiger partial charge is 0.444 e. The maximum absolute atomic E-state index is 14.6. The van der Waals surface area contributed by atoms with Crippen molar-refractivity contribution in [2.24, 2.45) is 0 Å². The van der Waals surface area contributed by atoms with Crippen molar-refractivity contribution in [2.75, 3.05) is 11.9 Å². The number of nitrogens with one attached hydrogen (secondary N) is 2. The van der Waals surface area contributed by atoms with Crippen molar-refractivity contribution < 1.29 is 22.7 Å². The maximum atomic E-state index is 14.6. The summed E-state index contributed by atoms with van der Waals surface area (Å²) in [6.07, 6.45) is 10.4. The highest BCUT2D eigenvalue weighted by molar-refractivity contribution is 6.04. The SMILES string of the molecule is CCOC1CCC(n2cc(NC(=O)c3coc(-c4cn[nH]c4)n3)c(-c3ncc(F)cc3F)n2)CC1. The fourth-order valence-electron chi connectivity index (χ4n) is 4.21. The molecule has 1 fully saturated rings. The maximum Gasteiger partial charge on any atom is 0.277 e. The van der Waals surface area contributed by atoms with Gasteiger partial charge in [-0.25, -0.2) is 18.7 Å². The molecule has 5 rings (SSSR count). The van der Waals surface area contributed by atoms with Crippen LogP contribution < -0.4 is 5.32 Å². The number of rotatable bonds is 7. The quantitative estimate of drug-likeness (QED) is 0.400. The summed E-state index contributed by atoms with van der Waals surface area (Å²) in [5.74, 6) is -2.04. The molecule has 12 heteroatoms. The first-order valence-electron chi connectivity index (χ1n) is 11.3. The van der Waals surface area contributed by atoms with Crippen molar-refractivity contribution in [3.63, 3.8) is 0 Å². The molecular formula is C23H23F2N7O3. The number of hydrogen-bond acceptors (Lipinski definition) is 7. The minimum atomic E-state index is -0.880. The molecule has 1 saturated carbocycles. The van der Waals surface area contributed by atoms with E-state index in [1.54, 1.807) is 17.1 Å². The van der Waals surface area contributed by atoms with E-state index in [-0.39, 0.29) is 40.8 Å². The first-order valence-corrected chi connectivity index (χ1v) is 11.3. The van der Waals surface area contributed by atoms with Gasteiger partial charge in [0.2, 0.25) is 5.89 Å². The lowest BCUT2D eigenvalue weighted by Gasteiger charge is -2.28. The molecular weight excluding hydrogens is 460 g/mol. The van der Waals surface area contributed by atoms with Crippen LogP contribution in [-0.4, -0.2) is 48.6 Å². The monoisotopic (exact) mass is 483 g/mol. The number of amides is 1. The van der Waals surface area contributed by atoms with E-state index in [1.165, 1.54) is 12.5 Å². The van der Waals surface area contributed by atoms with Crippen molar-refractivity contribution in [1.82, 2.24) is 29.9 Å². The number of carbonyl (C=O) groups is 1. The highest BCUT2D eigenvalue weighted by atomic mass is 19.1. The van der Waals surface area contributed by atoms with E-state index in [9.17, 15) is 13.6 Å². The van der Waals surface area contributed by atoms with Gasteiger partial charge in [-0.3, -0.25) is 14.6 Å². The van der Waals surface area contributed by atoms with Gasteiger partial charge in [0, 0.05) is 25.1 Å². The summed E-state index contributed by atoms with van der Waals surface area (Å²) in [6.45, 7) is 2.63. The topological polar surface area (TPSA) is 124 Å². The lowest BCUT2D eigenvalue weighted by Crippen LogP contribution is -2.24. The van der Waals surface area contributed by atoms with Crippen molar-refractivity contribution in [3.8, 4) is 22.8 Å². The highest BCUT2D eigenvalue weighted by Gasteiger charge is 2.27. The number of anilines is 1. The van der Waals surface area contributed by atoms with E-state index in [0.29, 0.717) is 12.2 Å². The third-order valence-electron chi connectivity index (χ3n) is 5.91. The van der Waals surface area contributed by atoms with Crippen molar-refractivity contribution in [3.05, 3.63) is 54.4 Å². The summed E-state index contributed by atoms with van der Waals surface area (Å²) in [5.41, 5.74) is 0.763. The van der Waals surface area contributed by atoms with Crippen LogP contribution in [0.2, 0.25) is 0 Å². The Morgan fingerprint density at radius 2 is 2.09 bits per heavy atom. The first kappa shape index (κ1) is 22.8. The molecule has 182 valence electrons. The average Bonchev–Trinajstić information content (AvgIpc) is 3.61. The van der Waals surface area contributed by atoms with Crippen LogP contribution in [0.15, 0.2) is 41.5 Å². The lowest BCUT2D eigenvalue weighted by atomic mass is 9.93. The molecule has 0 bridgehead atoms. The third-order valence-corrected chi connectivity index (χ3v) is 5.91. The normalized spacial score (nSPS) is 18.0. The van der Waals surface area contributed by atoms with Gasteiger partial charge in [0.15, 0.2) is 11.5 Å². The highest BCUT2D eigenvalue weighted by Crippen LogP contribution is 2.34. The minimum absolute atomic E-state index is 0.0182. The van der Waals surface area contributed by atoms with E-state index in [2.05, 4.69) is 30.6 Å². The number of halogens is 2. The first-order chi connectivity index (χ1) is 17.0. The van der Waals surface area contributed by atoms with E-state index >= 15 is 0 Å². The predicted octanol–water partition coefficient (Wildman–Crippen LogP) is 4.37. The molecule has 4 aromatic heterocycles. The second-order valence-electron chi connectivity index (χ2n) is 8.22. The summed E-state index contributed by atoms with van der Waals surface area (Å²) in [6, 6.07) is 0.772. The van der Waals surface area contributed by atoms with Crippen LogP contribution in [0.3, 0.4) is 0 Å². The van der Waals surface area contributed by atoms with Gasteiger partial charge in [0.05, 0.1) is 35.8 Å². The van der Waals surface area contributed by atoms with E-state index in [4.69, 9.17) is 9.15 Å². The molecule has 1 amide bonds. The number of ether oxygens (including phenoxy) is 1. The molecule has 0 unspecified atom stereocenters. The zero-order chi connectivity index (χ0) is 24.4. The standard InChI is InChI=1S/C23H23F2N7O3/c1-2-34-16-5-3-15(4-6-16)32-11-18(21(31-32)20-17(25)7-14(24)10-26-20)29-22(33)19-12-35-23(30-19)13-8-27-28-9-13/h7-12,15-16H,2-6H2,1H3,(H,27,28)(H,29,33). The zero-order valence-electron chi connectivity index (χ0n) is 18.9. The number of pyridine rings is 1. The summed E-state index contributed by atoms with van der Waals surface area (Å²) >= 11 is 0. The van der Waals surface area contributed by atoms with Gasteiger partial charge in [0.25, 0.3) is 5.91 Å². The van der Waals surface area contributed by atoms with Crippen LogP contribution in [0.1, 0.15) is 49.1 Å².